The van der Waals surface area contributed by atoms with Crippen LogP contribution in [0.25, 0.3) is 11.0 Å². The van der Waals surface area contributed by atoms with Gasteiger partial charge < -0.3 is 0 Å². The lowest BCUT2D eigenvalue weighted by Crippen LogP contribution is -1.63. The van der Waals surface area contributed by atoms with Crippen molar-refractivity contribution in [2.24, 2.45) is 0 Å². The van der Waals surface area contributed by atoms with E-state index in [1.54, 1.807) is 0 Å². The van der Waals surface area contributed by atoms with Gasteiger partial charge in [0.25, 0.3) is 0 Å². The number of rotatable bonds is 0. The van der Waals surface area contributed by atoms with Gasteiger partial charge in [0.2, 0.25) is 0 Å². The summed E-state index contributed by atoms with van der Waals surface area (Å²) in [5.41, 5.74) is 2.08. The Morgan fingerprint density at radius 1 is 1.00 bits per heavy atom. The molecule has 0 radical (unpaired) electrons. The molecule has 0 amide bonds. The van der Waals surface area contributed by atoms with Crippen LogP contribution >= 0.6 is 8.51 Å². The van der Waals surface area contributed by atoms with Crippen molar-refractivity contribution in [1.82, 2.24) is 9.49 Å². The van der Waals surface area contributed by atoms with E-state index in [1.165, 1.54) is 0 Å². The topological polar surface area (TPSA) is 25.8 Å². The summed E-state index contributed by atoms with van der Waals surface area (Å²) in [5, 5.41) is 0. The third-order valence-corrected chi connectivity index (χ3v) is 1.90. The zero-order valence-corrected chi connectivity index (χ0v) is 5.70. The van der Waals surface area contributed by atoms with Gasteiger partial charge in [-0.1, -0.05) is 12.1 Å². The van der Waals surface area contributed by atoms with Crippen LogP contribution in [0.15, 0.2) is 24.3 Å². The molecule has 2 rings (SSSR count). The second kappa shape index (κ2) is 1.82. The highest BCUT2D eigenvalue weighted by atomic mass is 31.1. The fourth-order valence-corrected chi connectivity index (χ4v) is 1.43. The molecule has 0 saturated heterocycles. The Bertz CT molecular complexity index is 285. The van der Waals surface area contributed by atoms with Crippen LogP contribution in [0.4, 0.5) is 0 Å². The Labute approximate surface area is 54.2 Å². The van der Waals surface area contributed by atoms with Crippen LogP contribution in [-0.4, -0.2) is 9.49 Å². The fourth-order valence-electron chi connectivity index (χ4n) is 0.786. The first kappa shape index (κ1) is 4.95. The quantitative estimate of drug-likeness (QED) is 0.550. The van der Waals surface area contributed by atoms with Crippen LogP contribution in [0.2, 0.25) is 0 Å². The number of aromatic nitrogens is 2. The predicted octanol–water partition coefficient (Wildman–Crippen LogP) is 1.66. The van der Waals surface area contributed by atoms with Crippen LogP contribution in [0.3, 0.4) is 0 Å². The van der Waals surface area contributed by atoms with Gasteiger partial charge in [-0.3, -0.25) is 0 Å². The second-order valence-corrected chi connectivity index (χ2v) is 2.46. The van der Waals surface area contributed by atoms with Crippen molar-refractivity contribution in [3.63, 3.8) is 0 Å². The summed E-state index contributed by atoms with van der Waals surface area (Å²) in [4.78, 5) is 0. The minimum atomic E-state index is 0.396. The van der Waals surface area contributed by atoms with E-state index in [9.17, 15) is 0 Å². The predicted molar refractivity (Wildman–Crippen MR) is 39.0 cm³/mol. The molecule has 2 aromatic rings. The molecular weight excluding hydrogens is 131 g/mol. The minimum absolute atomic E-state index is 0.396. The first-order chi connectivity index (χ1) is 4.47. The third-order valence-electron chi connectivity index (χ3n) is 1.22. The molecule has 0 aliphatic carbocycles. The van der Waals surface area contributed by atoms with E-state index in [2.05, 4.69) is 9.49 Å². The van der Waals surface area contributed by atoms with Gasteiger partial charge in [-0.05, 0) is 12.1 Å². The van der Waals surface area contributed by atoms with E-state index in [0.717, 1.165) is 11.0 Å². The average molecular weight is 136 g/mol. The summed E-state index contributed by atoms with van der Waals surface area (Å²) in [7, 11) is 0.396. The molecule has 9 heavy (non-hydrogen) atoms. The number of fused-ring (bicyclic) bond motifs is 1. The van der Waals surface area contributed by atoms with Crippen molar-refractivity contribution in [3.05, 3.63) is 24.3 Å². The highest BCUT2D eigenvalue weighted by molar-refractivity contribution is 7.21. The molecule has 0 bridgehead atoms. The first-order valence-electron chi connectivity index (χ1n) is 2.72. The van der Waals surface area contributed by atoms with E-state index in [0.29, 0.717) is 8.51 Å². The SMILES string of the molecule is c1ccc2n[pH]nc2c1. The Morgan fingerprint density at radius 2 is 1.56 bits per heavy atom. The van der Waals surface area contributed by atoms with Gasteiger partial charge in [-0.2, -0.15) is 0 Å². The standard InChI is InChI=1S/C6H5N2P/c1-2-4-6-5(3-1)7-9-8-6/h1-4,9H. The molecule has 1 heterocycles. The summed E-state index contributed by atoms with van der Waals surface area (Å²) in [6, 6.07) is 7.93. The van der Waals surface area contributed by atoms with Crippen molar-refractivity contribution in [3.8, 4) is 0 Å². The van der Waals surface area contributed by atoms with E-state index in [1.807, 2.05) is 24.3 Å². The normalized spacial score (nSPS) is 10.2. The van der Waals surface area contributed by atoms with Gasteiger partial charge in [0.15, 0.2) is 0 Å². The molecule has 0 unspecified atom stereocenters. The molecule has 1 aromatic carbocycles. The molecule has 2 nitrogen and oxygen atoms in total. The number of hydrogen-bond donors (Lipinski definition) is 0. The van der Waals surface area contributed by atoms with Crippen molar-refractivity contribution in [2.45, 2.75) is 0 Å². The monoisotopic (exact) mass is 136 g/mol. The van der Waals surface area contributed by atoms with Crippen molar-refractivity contribution >= 4 is 19.5 Å². The Kier molecular flexibility index (Phi) is 0.998. The van der Waals surface area contributed by atoms with Crippen molar-refractivity contribution in [2.75, 3.05) is 0 Å². The number of para-hydroxylation sites is 2. The van der Waals surface area contributed by atoms with Crippen molar-refractivity contribution in [1.29, 1.82) is 0 Å². The zero-order valence-electron chi connectivity index (χ0n) is 4.70. The largest absolute Gasteiger partial charge is 0.220 e. The molecule has 0 aliphatic heterocycles. The van der Waals surface area contributed by atoms with Crippen LogP contribution in [0.1, 0.15) is 0 Å². The van der Waals surface area contributed by atoms with Crippen LogP contribution in [0, 0.1) is 0 Å². The first-order valence-corrected chi connectivity index (χ1v) is 3.62. The number of benzene rings is 1. The maximum absolute atomic E-state index is 4.16. The molecule has 3 heteroatoms. The average Bonchev–Trinajstić information content (AvgIpc) is 2.33. The Balaban J connectivity index is 2.95. The number of hydrogen-bond acceptors (Lipinski definition) is 2. The fraction of sp³-hybridized carbons (Fsp3) is 0. The van der Waals surface area contributed by atoms with Gasteiger partial charge in [0.1, 0.15) is 0 Å². The molecule has 0 spiro atoms. The van der Waals surface area contributed by atoms with Gasteiger partial charge >= 0.3 is 0 Å². The third kappa shape index (κ3) is 0.718. The van der Waals surface area contributed by atoms with Gasteiger partial charge in [-0.15, -0.1) is 0 Å². The highest BCUT2D eigenvalue weighted by Gasteiger charge is 1.90. The Morgan fingerprint density at radius 3 is 2.11 bits per heavy atom. The van der Waals surface area contributed by atoms with Crippen LogP contribution in [0.5, 0.6) is 0 Å². The summed E-state index contributed by atoms with van der Waals surface area (Å²) in [5.74, 6) is 0. The van der Waals surface area contributed by atoms with Gasteiger partial charge in [0, 0.05) is 0 Å². The lowest BCUT2D eigenvalue weighted by atomic mass is 10.3. The lowest BCUT2D eigenvalue weighted by Gasteiger charge is -1.79. The van der Waals surface area contributed by atoms with Gasteiger partial charge in [0.05, 0.1) is 19.5 Å². The molecule has 0 atom stereocenters. The minimum Gasteiger partial charge on any atom is -0.220 e. The number of nitrogens with zero attached hydrogens (tertiary/aromatic N) is 2. The molecular formula is C6H5N2P. The highest BCUT2D eigenvalue weighted by Crippen LogP contribution is 2.11. The van der Waals surface area contributed by atoms with Crippen LogP contribution in [-0.2, 0) is 0 Å². The molecule has 0 N–H and O–H groups in total. The molecule has 0 aliphatic rings. The van der Waals surface area contributed by atoms with Gasteiger partial charge in [-0.25, -0.2) is 9.49 Å². The van der Waals surface area contributed by atoms with Crippen molar-refractivity contribution < 1.29 is 0 Å². The zero-order chi connectivity index (χ0) is 6.10. The molecule has 44 valence electrons. The summed E-state index contributed by atoms with van der Waals surface area (Å²) in [6.45, 7) is 0. The summed E-state index contributed by atoms with van der Waals surface area (Å²) < 4.78 is 8.32. The van der Waals surface area contributed by atoms with E-state index < -0.39 is 0 Å². The smallest absolute Gasteiger partial charge is 0.0946 e. The van der Waals surface area contributed by atoms with E-state index >= 15 is 0 Å². The van der Waals surface area contributed by atoms with E-state index in [-0.39, 0.29) is 0 Å². The summed E-state index contributed by atoms with van der Waals surface area (Å²) >= 11 is 0. The summed E-state index contributed by atoms with van der Waals surface area (Å²) in [6.07, 6.45) is 0. The maximum atomic E-state index is 4.16. The van der Waals surface area contributed by atoms with Crippen LogP contribution < -0.4 is 0 Å². The van der Waals surface area contributed by atoms with E-state index in [4.69, 9.17) is 0 Å². The maximum Gasteiger partial charge on any atom is 0.0946 e. The molecule has 1 aromatic heterocycles. The Hall–Kier alpha value is -0.880. The molecule has 0 saturated carbocycles. The second-order valence-electron chi connectivity index (χ2n) is 1.81. The molecule has 0 fully saturated rings. The lowest BCUT2D eigenvalue weighted by molar-refractivity contribution is 1.64.